The summed E-state index contributed by atoms with van der Waals surface area (Å²) in [5, 5.41) is 0. The van der Waals surface area contributed by atoms with Gasteiger partial charge in [-0.2, -0.15) is 0 Å². The summed E-state index contributed by atoms with van der Waals surface area (Å²) < 4.78 is 3.86. The topological polar surface area (TPSA) is 22.0 Å². The zero-order chi connectivity index (χ0) is 16.4. The van der Waals surface area contributed by atoms with Gasteiger partial charge < -0.3 is 0 Å². The molecule has 1 rings (SSSR count). The molecular formula is C19H33NOSn. The third-order valence-corrected chi connectivity index (χ3v) is 9.84. The van der Waals surface area contributed by atoms with Gasteiger partial charge in [-0.3, -0.25) is 0 Å². The van der Waals surface area contributed by atoms with Gasteiger partial charge in [-0.25, -0.2) is 0 Å². The zero-order valence-electron chi connectivity index (χ0n) is 15.0. The third-order valence-electron chi connectivity index (χ3n) is 4.52. The minimum absolute atomic E-state index is 0.115. The first-order chi connectivity index (χ1) is 10.6. The monoisotopic (exact) mass is 411 g/mol. The van der Waals surface area contributed by atoms with Gasteiger partial charge in [0.05, 0.1) is 0 Å². The van der Waals surface area contributed by atoms with Gasteiger partial charge in [0.2, 0.25) is 0 Å². The summed E-state index contributed by atoms with van der Waals surface area (Å²) in [6, 6.07) is 3.88. The Kier molecular flexibility index (Phi) is 9.46. The minimum atomic E-state index is -0.696. The van der Waals surface area contributed by atoms with Gasteiger partial charge in [0.25, 0.3) is 0 Å². The van der Waals surface area contributed by atoms with Crippen LogP contribution in [0.2, 0.25) is 3.43 Å². The fourth-order valence-electron chi connectivity index (χ4n) is 3.08. The molecule has 22 heavy (non-hydrogen) atoms. The number of hydrogen-bond donors (Lipinski definition) is 0. The zero-order valence-corrected chi connectivity index (χ0v) is 17.8. The van der Waals surface area contributed by atoms with Crippen LogP contribution >= 0.6 is 0 Å². The molecule has 0 atom stereocenters. The first-order valence-corrected chi connectivity index (χ1v) is 11.9. The molecule has 0 bridgehead atoms. The quantitative estimate of drug-likeness (QED) is 0.495. The van der Waals surface area contributed by atoms with E-state index >= 15 is 0 Å². The molecule has 0 saturated heterocycles. The Bertz CT molecular complexity index is 459. The van der Waals surface area contributed by atoms with Gasteiger partial charge in [-0.15, -0.1) is 0 Å². The van der Waals surface area contributed by atoms with Crippen LogP contribution in [0, 0.1) is 0 Å². The van der Waals surface area contributed by atoms with E-state index in [9.17, 15) is 4.79 Å². The summed E-state index contributed by atoms with van der Waals surface area (Å²) in [6.07, 6.45) is 14.3. The Morgan fingerprint density at radius 3 is 1.86 bits per heavy atom. The summed E-state index contributed by atoms with van der Waals surface area (Å²) >= 11 is -0.696. The van der Waals surface area contributed by atoms with Crippen molar-refractivity contribution >= 4 is 24.7 Å². The fraction of sp³-hybridized carbons (Fsp3) is 0.737. The summed E-state index contributed by atoms with van der Waals surface area (Å²) in [4.78, 5) is 11.6. The van der Waals surface area contributed by atoms with E-state index in [4.69, 9.17) is 0 Å². The molecule has 0 aliphatic rings. The summed E-state index contributed by atoms with van der Waals surface area (Å²) in [5.74, 6) is 0. The van der Waals surface area contributed by atoms with E-state index in [-0.39, 0.29) is 5.56 Å². The van der Waals surface area contributed by atoms with Crippen molar-refractivity contribution in [2.24, 2.45) is 7.05 Å². The van der Waals surface area contributed by atoms with Crippen LogP contribution in [0.3, 0.4) is 0 Å². The van der Waals surface area contributed by atoms with Crippen LogP contribution in [0.25, 0.3) is 0 Å². The van der Waals surface area contributed by atoms with Crippen LogP contribution in [0.4, 0.5) is 0 Å². The second-order valence-electron chi connectivity index (χ2n) is 6.58. The van der Waals surface area contributed by atoms with Crippen molar-refractivity contribution in [2.45, 2.75) is 82.0 Å². The van der Waals surface area contributed by atoms with Gasteiger partial charge >= 0.3 is 147 Å². The van der Waals surface area contributed by atoms with Crippen molar-refractivity contribution in [3.63, 3.8) is 0 Å². The van der Waals surface area contributed by atoms with Crippen molar-refractivity contribution in [3.8, 4) is 0 Å². The molecule has 2 nitrogen and oxygen atoms in total. The first kappa shape index (κ1) is 19.8. The molecule has 0 amide bonds. The maximum absolute atomic E-state index is 11.6. The number of hydrogen-bond acceptors (Lipinski definition) is 1. The van der Waals surface area contributed by atoms with E-state index in [0.29, 0.717) is 3.43 Å². The molecule has 0 aromatic carbocycles. The predicted octanol–water partition coefficient (Wildman–Crippen LogP) is 4.44. The second kappa shape index (κ2) is 10.5. The number of nitrogens with zero attached hydrogens (tertiary/aromatic N) is 1. The SMILES string of the molecule is CCCC[C](CCCC)(CCCC)[Sn][c]1ccc(=O)n(C)c1. The molecule has 1 aromatic heterocycles. The summed E-state index contributed by atoms with van der Waals surface area (Å²) in [7, 11) is 1.89. The van der Waals surface area contributed by atoms with E-state index in [1.165, 1.54) is 61.4 Å². The van der Waals surface area contributed by atoms with Crippen LogP contribution in [-0.2, 0) is 7.05 Å². The Hall–Kier alpha value is -0.251. The van der Waals surface area contributed by atoms with Crippen LogP contribution in [0.15, 0.2) is 23.1 Å². The van der Waals surface area contributed by atoms with Crippen LogP contribution in [-0.4, -0.2) is 25.7 Å². The third kappa shape index (κ3) is 6.47. The molecule has 1 heterocycles. The molecule has 1 aromatic rings. The van der Waals surface area contributed by atoms with Crippen molar-refractivity contribution in [1.29, 1.82) is 0 Å². The molecule has 0 spiro atoms. The Morgan fingerprint density at radius 1 is 0.955 bits per heavy atom. The maximum atomic E-state index is 11.6. The number of aryl methyl sites for hydroxylation is 1. The van der Waals surface area contributed by atoms with Gasteiger partial charge in [0.15, 0.2) is 0 Å². The van der Waals surface area contributed by atoms with Gasteiger partial charge in [-0.1, -0.05) is 0 Å². The molecule has 0 N–H and O–H groups in total. The van der Waals surface area contributed by atoms with Gasteiger partial charge in [0.1, 0.15) is 0 Å². The van der Waals surface area contributed by atoms with Crippen LogP contribution in [0.1, 0.15) is 78.6 Å². The Morgan fingerprint density at radius 2 is 1.45 bits per heavy atom. The average molecular weight is 410 g/mol. The van der Waals surface area contributed by atoms with E-state index < -0.39 is 21.1 Å². The second-order valence-corrected chi connectivity index (χ2v) is 12.0. The first-order valence-electron chi connectivity index (χ1n) is 9.01. The molecule has 2 radical (unpaired) electrons. The normalized spacial score (nSPS) is 11.8. The average Bonchev–Trinajstić information content (AvgIpc) is 2.52. The molecular weight excluding hydrogens is 377 g/mol. The number of unbranched alkanes of at least 4 members (excludes halogenated alkanes) is 3. The van der Waals surface area contributed by atoms with Crippen LogP contribution in [0.5, 0.6) is 0 Å². The molecule has 0 fully saturated rings. The van der Waals surface area contributed by atoms with Crippen molar-refractivity contribution in [3.05, 3.63) is 28.7 Å². The molecule has 0 aliphatic heterocycles. The molecule has 0 unspecified atom stereocenters. The van der Waals surface area contributed by atoms with E-state index in [1.54, 1.807) is 10.6 Å². The van der Waals surface area contributed by atoms with E-state index in [0.717, 1.165) is 0 Å². The summed E-state index contributed by atoms with van der Waals surface area (Å²) in [6.45, 7) is 6.92. The number of pyridine rings is 1. The Balaban J connectivity index is 2.97. The molecule has 124 valence electrons. The van der Waals surface area contributed by atoms with Crippen molar-refractivity contribution in [1.82, 2.24) is 4.57 Å². The molecule has 0 saturated carbocycles. The summed E-state index contributed by atoms with van der Waals surface area (Å²) in [5.41, 5.74) is 0.115. The molecule has 3 heteroatoms. The van der Waals surface area contributed by atoms with Crippen LogP contribution < -0.4 is 9.14 Å². The standard InChI is InChI=1S/C13H27.C6H6NO.Sn/c1-4-7-10-13(11-8-5-2)12-9-6-3;1-7-5-3-2-4-6(7)8;/h4-12H2,1-3H3;2,4-5H,1H3;. The molecule has 0 aliphatic carbocycles. The Labute approximate surface area is 146 Å². The van der Waals surface area contributed by atoms with Crippen molar-refractivity contribution < 1.29 is 0 Å². The van der Waals surface area contributed by atoms with E-state index in [2.05, 4.69) is 33.0 Å². The van der Waals surface area contributed by atoms with Crippen molar-refractivity contribution in [2.75, 3.05) is 0 Å². The van der Waals surface area contributed by atoms with Gasteiger partial charge in [0, 0.05) is 0 Å². The van der Waals surface area contributed by atoms with Gasteiger partial charge in [-0.05, 0) is 0 Å². The number of aromatic nitrogens is 1. The predicted molar refractivity (Wildman–Crippen MR) is 98.3 cm³/mol. The fourth-order valence-corrected chi connectivity index (χ4v) is 8.63. The number of rotatable bonds is 11. The van der Waals surface area contributed by atoms with E-state index in [1.807, 2.05) is 7.05 Å².